The van der Waals surface area contributed by atoms with Crippen LogP contribution in [0.2, 0.25) is 0 Å². The minimum Gasteiger partial charge on any atom is -0.464 e. The van der Waals surface area contributed by atoms with Crippen LogP contribution in [-0.2, 0) is 19.1 Å². The third-order valence-electron chi connectivity index (χ3n) is 2.81. The standard InChI is InChI=1S/C14H26N2O4/c1-7-20-14(19)12(9(4)5)16-13(18)11(8(2)3)15-10(6)17/h8-9,11-12H,7H2,1-6H3,(H,15,17)(H,16,18)/t11-,12+/m1/s1. The molecule has 20 heavy (non-hydrogen) atoms. The molecule has 0 aliphatic rings. The predicted octanol–water partition coefficient (Wildman–Crippen LogP) is 0.851. The van der Waals surface area contributed by atoms with E-state index in [1.54, 1.807) is 6.92 Å². The molecule has 0 saturated heterocycles. The highest BCUT2D eigenvalue weighted by molar-refractivity contribution is 5.90. The molecule has 0 rings (SSSR count). The fraction of sp³-hybridized carbons (Fsp3) is 0.786. The van der Waals surface area contributed by atoms with E-state index >= 15 is 0 Å². The summed E-state index contributed by atoms with van der Waals surface area (Å²) in [6, 6.07) is -1.37. The number of carbonyl (C=O) groups excluding carboxylic acids is 3. The van der Waals surface area contributed by atoms with Crippen LogP contribution in [0.25, 0.3) is 0 Å². The van der Waals surface area contributed by atoms with Gasteiger partial charge in [0.05, 0.1) is 6.61 Å². The van der Waals surface area contributed by atoms with Crippen LogP contribution >= 0.6 is 0 Å². The van der Waals surface area contributed by atoms with Crippen LogP contribution in [0.3, 0.4) is 0 Å². The monoisotopic (exact) mass is 286 g/mol. The van der Waals surface area contributed by atoms with E-state index in [-0.39, 0.29) is 30.3 Å². The number of nitrogens with one attached hydrogen (secondary N) is 2. The minimum atomic E-state index is -0.711. The van der Waals surface area contributed by atoms with Gasteiger partial charge in [0, 0.05) is 6.92 Å². The molecule has 116 valence electrons. The van der Waals surface area contributed by atoms with Crippen molar-refractivity contribution in [1.82, 2.24) is 10.6 Å². The van der Waals surface area contributed by atoms with E-state index in [0.29, 0.717) is 0 Å². The summed E-state index contributed by atoms with van der Waals surface area (Å²) in [5.74, 6) is -1.28. The number of amides is 2. The smallest absolute Gasteiger partial charge is 0.328 e. The largest absolute Gasteiger partial charge is 0.464 e. The molecule has 2 N–H and O–H groups in total. The van der Waals surface area contributed by atoms with Gasteiger partial charge in [0.2, 0.25) is 11.8 Å². The summed E-state index contributed by atoms with van der Waals surface area (Å²) in [5, 5.41) is 5.25. The Bertz CT molecular complexity index is 353. The van der Waals surface area contributed by atoms with E-state index in [1.807, 2.05) is 27.7 Å². The third-order valence-corrected chi connectivity index (χ3v) is 2.81. The van der Waals surface area contributed by atoms with E-state index < -0.39 is 18.1 Å². The number of rotatable bonds is 7. The lowest BCUT2D eigenvalue weighted by Crippen LogP contribution is -2.54. The van der Waals surface area contributed by atoms with Crippen LogP contribution in [0.4, 0.5) is 0 Å². The van der Waals surface area contributed by atoms with Crippen molar-refractivity contribution in [3.05, 3.63) is 0 Å². The molecule has 0 aliphatic carbocycles. The molecule has 0 radical (unpaired) electrons. The van der Waals surface area contributed by atoms with E-state index in [1.165, 1.54) is 6.92 Å². The second-order valence-corrected chi connectivity index (χ2v) is 5.40. The Morgan fingerprint density at radius 1 is 0.950 bits per heavy atom. The van der Waals surface area contributed by atoms with Crippen LogP contribution < -0.4 is 10.6 Å². The Morgan fingerprint density at radius 3 is 1.80 bits per heavy atom. The first-order valence-electron chi connectivity index (χ1n) is 6.94. The lowest BCUT2D eigenvalue weighted by atomic mass is 10.0. The van der Waals surface area contributed by atoms with E-state index in [9.17, 15) is 14.4 Å². The molecule has 2 atom stereocenters. The van der Waals surface area contributed by atoms with Crippen LogP contribution in [0.5, 0.6) is 0 Å². The van der Waals surface area contributed by atoms with Gasteiger partial charge in [0.25, 0.3) is 0 Å². The van der Waals surface area contributed by atoms with Crippen LogP contribution in [0, 0.1) is 11.8 Å². The Hall–Kier alpha value is -1.59. The first-order valence-corrected chi connectivity index (χ1v) is 6.94. The molecule has 0 aromatic carbocycles. The number of esters is 1. The normalized spacial score (nSPS) is 13.8. The average Bonchev–Trinajstić information content (AvgIpc) is 2.31. The molecule has 0 heterocycles. The fourth-order valence-corrected chi connectivity index (χ4v) is 1.73. The van der Waals surface area contributed by atoms with Gasteiger partial charge >= 0.3 is 5.97 Å². The summed E-state index contributed by atoms with van der Waals surface area (Å²) in [7, 11) is 0. The highest BCUT2D eigenvalue weighted by atomic mass is 16.5. The number of carbonyl (C=O) groups is 3. The Balaban J connectivity index is 4.87. The molecule has 0 aromatic heterocycles. The average molecular weight is 286 g/mol. The van der Waals surface area contributed by atoms with Crippen LogP contribution in [-0.4, -0.2) is 36.5 Å². The molecular formula is C14H26N2O4. The van der Waals surface area contributed by atoms with Crippen molar-refractivity contribution in [3.63, 3.8) is 0 Å². The van der Waals surface area contributed by atoms with Crippen LogP contribution in [0.15, 0.2) is 0 Å². The topological polar surface area (TPSA) is 84.5 Å². The van der Waals surface area contributed by atoms with Gasteiger partial charge in [-0.2, -0.15) is 0 Å². The van der Waals surface area contributed by atoms with Gasteiger partial charge < -0.3 is 15.4 Å². The van der Waals surface area contributed by atoms with Crippen molar-refractivity contribution in [2.45, 2.75) is 53.6 Å². The highest BCUT2D eigenvalue weighted by Gasteiger charge is 2.30. The summed E-state index contributed by atoms with van der Waals surface area (Å²) in [6.07, 6.45) is 0. The van der Waals surface area contributed by atoms with Crippen molar-refractivity contribution in [2.75, 3.05) is 6.61 Å². The summed E-state index contributed by atoms with van der Waals surface area (Å²) in [4.78, 5) is 35.2. The summed E-state index contributed by atoms with van der Waals surface area (Å²) in [6.45, 7) is 10.6. The number of hydrogen-bond acceptors (Lipinski definition) is 4. The molecular weight excluding hydrogens is 260 g/mol. The van der Waals surface area contributed by atoms with Crippen molar-refractivity contribution in [2.24, 2.45) is 11.8 Å². The fourth-order valence-electron chi connectivity index (χ4n) is 1.73. The first kappa shape index (κ1) is 18.4. The summed E-state index contributed by atoms with van der Waals surface area (Å²) in [5.41, 5.74) is 0. The zero-order valence-electron chi connectivity index (χ0n) is 13.1. The van der Waals surface area contributed by atoms with Gasteiger partial charge in [-0.25, -0.2) is 4.79 Å². The summed E-state index contributed by atoms with van der Waals surface area (Å²) < 4.78 is 4.95. The molecule has 0 fully saturated rings. The maximum atomic E-state index is 12.2. The quantitative estimate of drug-likeness (QED) is 0.680. The van der Waals surface area contributed by atoms with E-state index in [4.69, 9.17) is 4.74 Å². The van der Waals surface area contributed by atoms with Gasteiger partial charge in [-0.05, 0) is 18.8 Å². The molecule has 2 amide bonds. The maximum Gasteiger partial charge on any atom is 0.328 e. The lowest BCUT2D eigenvalue weighted by Gasteiger charge is -2.26. The van der Waals surface area contributed by atoms with Crippen molar-refractivity contribution in [1.29, 1.82) is 0 Å². The maximum absolute atomic E-state index is 12.2. The molecule has 0 bridgehead atoms. The molecule has 0 unspecified atom stereocenters. The Kier molecular flexibility index (Phi) is 7.87. The van der Waals surface area contributed by atoms with Crippen molar-refractivity contribution < 1.29 is 19.1 Å². The van der Waals surface area contributed by atoms with Crippen LogP contribution in [0.1, 0.15) is 41.5 Å². The molecule has 0 spiro atoms. The second-order valence-electron chi connectivity index (χ2n) is 5.40. The number of hydrogen-bond donors (Lipinski definition) is 2. The SMILES string of the molecule is CCOC(=O)[C@@H](NC(=O)[C@H](NC(C)=O)C(C)C)C(C)C. The van der Waals surface area contributed by atoms with Gasteiger partial charge in [0.15, 0.2) is 0 Å². The number of ether oxygens (including phenoxy) is 1. The molecule has 6 nitrogen and oxygen atoms in total. The first-order chi connectivity index (χ1) is 9.20. The Labute approximate surface area is 120 Å². The van der Waals surface area contributed by atoms with Gasteiger partial charge in [-0.3, -0.25) is 9.59 Å². The van der Waals surface area contributed by atoms with E-state index in [2.05, 4.69) is 10.6 Å². The second kappa shape index (κ2) is 8.55. The minimum absolute atomic E-state index is 0.0751. The zero-order chi connectivity index (χ0) is 15.9. The summed E-state index contributed by atoms with van der Waals surface area (Å²) >= 11 is 0. The van der Waals surface area contributed by atoms with E-state index in [0.717, 1.165) is 0 Å². The van der Waals surface area contributed by atoms with Crippen molar-refractivity contribution >= 4 is 17.8 Å². The lowest BCUT2D eigenvalue weighted by molar-refractivity contribution is -0.149. The van der Waals surface area contributed by atoms with Gasteiger partial charge in [-0.15, -0.1) is 0 Å². The molecule has 0 saturated carbocycles. The van der Waals surface area contributed by atoms with Gasteiger partial charge in [-0.1, -0.05) is 27.7 Å². The molecule has 0 aromatic rings. The van der Waals surface area contributed by atoms with Crippen molar-refractivity contribution in [3.8, 4) is 0 Å². The Morgan fingerprint density at radius 2 is 1.45 bits per heavy atom. The van der Waals surface area contributed by atoms with Gasteiger partial charge in [0.1, 0.15) is 12.1 Å². The highest BCUT2D eigenvalue weighted by Crippen LogP contribution is 2.07. The molecule has 6 heteroatoms. The molecule has 0 aliphatic heterocycles. The zero-order valence-corrected chi connectivity index (χ0v) is 13.1. The third kappa shape index (κ3) is 6.04. The predicted molar refractivity (Wildman–Crippen MR) is 75.8 cm³/mol.